The topological polar surface area (TPSA) is 13.1 Å². The van der Waals surface area contributed by atoms with Gasteiger partial charge in [-0.2, -0.15) is 0 Å². The standard InChI is InChI=1S/C64H51N3/c1-4-5-17-47-18-16-23-56(42-47)65(53-19-8-6-9-20-53)46(3)29-28-45(2)48-34-38-55(39-35-48)67-62-27-15-13-25-58(62)60-44-52(37-41-64(60)67)50-32-30-49(31-33-50)51-36-40-63-59(43-51)57-24-12-14-26-61(57)66(63)54-21-10-7-11-22-54/h4-32,34-35,37-44,50-51H,1-3,33,36H2. The molecule has 0 saturated heterocycles. The van der Waals surface area contributed by atoms with Crippen LogP contribution in [0.4, 0.5) is 11.4 Å². The highest BCUT2D eigenvalue weighted by Gasteiger charge is 2.21. The minimum absolute atomic E-state index is 0.317. The van der Waals surface area contributed by atoms with Crippen LogP contribution in [-0.4, -0.2) is 9.13 Å². The largest absolute Gasteiger partial charge is 0.311 e. The maximum Gasteiger partial charge on any atom is 0.0541 e. The molecule has 0 fully saturated rings. The molecule has 322 valence electrons. The summed E-state index contributed by atoms with van der Waals surface area (Å²) >= 11 is 0. The molecular formula is C64H51N3. The maximum absolute atomic E-state index is 4.50. The molecule has 2 unspecified atom stereocenters. The Morgan fingerprint density at radius 3 is 2.00 bits per heavy atom. The molecule has 0 aliphatic heterocycles. The van der Waals surface area contributed by atoms with Gasteiger partial charge in [-0.25, -0.2) is 0 Å². The van der Waals surface area contributed by atoms with Crippen LogP contribution in [0.2, 0.25) is 0 Å². The first kappa shape index (κ1) is 41.3. The molecule has 0 spiro atoms. The summed E-state index contributed by atoms with van der Waals surface area (Å²) in [7, 11) is 0. The van der Waals surface area contributed by atoms with Crippen LogP contribution in [0.1, 0.15) is 35.4 Å². The lowest BCUT2D eigenvalue weighted by Gasteiger charge is -2.26. The Bertz CT molecular complexity index is 3630. The van der Waals surface area contributed by atoms with Gasteiger partial charge in [0.25, 0.3) is 0 Å². The molecule has 2 aliphatic carbocycles. The van der Waals surface area contributed by atoms with Crippen molar-refractivity contribution in [3.8, 4) is 11.4 Å². The van der Waals surface area contributed by atoms with E-state index in [9.17, 15) is 0 Å². The number of allylic oxidation sites excluding steroid dienone is 9. The molecule has 9 aromatic rings. The maximum atomic E-state index is 4.50. The predicted molar refractivity (Wildman–Crippen MR) is 286 cm³/mol. The molecule has 0 saturated carbocycles. The van der Waals surface area contributed by atoms with Gasteiger partial charge in [0.2, 0.25) is 0 Å². The van der Waals surface area contributed by atoms with Crippen molar-refractivity contribution in [3.63, 3.8) is 0 Å². The number of hydrogen-bond acceptors (Lipinski definition) is 1. The molecule has 3 nitrogen and oxygen atoms in total. The molecule has 2 aliphatic rings. The summed E-state index contributed by atoms with van der Waals surface area (Å²) < 4.78 is 4.81. The quantitative estimate of drug-likeness (QED) is 0.112. The van der Waals surface area contributed by atoms with Crippen LogP contribution in [0, 0.1) is 5.92 Å². The van der Waals surface area contributed by atoms with Gasteiger partial charge in [-0.3, -0.25) is 0 Å². The number of fused-ring (bicyclic) bond motifs is 6. The lowest BCUT2D eigenvalue weighted by Crippen LogP contribution is -2.32. The second kappa shape index (κ2) is 17.9. The molecule has 0 N–H and O–H groups in total. The van der Waals surface area contributed by atoms with Crippen molar-refractivity contribution < 1.29 is 0 Å². The van der Waals surface area contributed by atoms with Gasteiger partial charge in [0.05, 0.1) is 16.6 Å². The van der Waals surface area contributed by atoms with Gasteiger partial charge in [0.1, 0.15) is 0 Å². The van der Waals surface area contributed by atoms with E-state index in [0.717, 1.165) is 52.3 Å². The number of hydrogen-bond donors (Lipinski definition) is 0. The van der Waals surface area contributed by atoms with Crippen LogP contribution in [-0.2, 0) is 0 Å². The zero-order valence-corrected chi connectivity index (χ0v) is 37.5. The van der Waals surface area contributed by atoms with E-state index >= 15 is 0 Å². The second-order valence-electron chi connectivity index (χ2n) is 17.5. The smallest absolute Gasteiger partial charge is 0.0541 e. The SMILES string of the molecule is C=CC=Cc1cccc(N(C(=C)C=CC(=C)c2ccc(-n3c4ccccc4c4cc(C5C=CC(C6C=c7c(n(-c8ccccc8)c8ccccc78)=CC6)=CC5)ccc43)cc2)c2ccccc2)c1. The fraction of sp³-hybridized carbons (Fsp3) is 0.0625. The van der Waals surface area contributed by atoms with Gasteiger partial charge in [0, 0.05) is 67.0 Å². The second-order valence-corrected chi connectivity index (χ2v) is 17.5. The van der Waals surface area contributed by atoms with Crippen molar-refractivity contribution in [2.24, 2.45) is 5.92 Å². The minimum Gasteiger partial charge on any atom is -0.311 e. The number of para-hydroxylation sites is 4. The number of rotatable bonds is 12. The molecule has 0 amide bonds. The van der Waals surface area contributed by atoms with Gasteiger partial charge in [0.15, 0.2) is 0 Å². The van der Waals surface area contributed by atoms with E-state index in [1.165, 1.54) is 60.1 Å². The summed E-state index contributed by atoms with van der Waals surface area (Å²) in [5.41, 5.74) is 14.7. The molecule has 0 bridgehead atoms. The summed E-state index contributed by atoms with van der Waals surface area (Å²) in [6, 6.07) is 62.9. The fourth-order valence-corrected chi connectivity index (χ4v) is 10.1. The average Bonchev–Trinajstić information content (AvgIpc) is 3.90. The number of nitrogens with zero attached hydrogens (tertiary/aromatic N) is 3. The first-order chi connectivity index (χ1) is 33.0. The number of anilines is 2. The van der Waals surface area contributed by atoms with Crippen molar-refractivity contribution >= 4 is 67.9 Å². The summed E-state index contributed by atoms with van der Waals surface area (Å²) in [5, 5.41) is 6.48. The molecule has 7 aromatic carbocycles. The third-order valence-electron chi connectivity index (χ3n) is 13.4. The van der Waals surface area contributed by atoms with Gasteiger partial charge in [-0.15, -0.1) is 0 Å². The zero-order valence-electron chi connectivity index (χ0n) is 37.5. The van der Waals surface area contributed by atoms with E-state index in [1.807, 2.05) is 18.2 Å². The van der Waals surface area contributed by atoms with E-state index in [0.29, 0.717) is 11.8 Å². The predicted octanol–water partition coefficient (Wildman–Crippen LogP) is 15.1. The Morgan fingerprint density at radius 2 is 1.24 bits per heavy atom. The van der Waals surface area contributed by atoms with Gasteiger partial charge < -0.3 is 14.0 Å². The van der Waals surface area contributed by atoms with E-state index in [2.05, 4.69) is 246 Å². The summed E-state index contributed by atoms with van der Waals surface area (Å²) in [5.74, 6) is 0.667. The van der Waals surface area contributed by atoms with Gasteiger partial charge >= 0.3 is 0 Å². The highest BCUT2D eigenvalue weighted by Crippen LogP contribution is 2.38. The Kier molecular flexibility index (Phi) is 11.0. The van der Waals surface area contributed by atoms with Crippen LogP contribution in [0.3, 0.4) is 0 Å². The molecular weight excluding hydrogens is 811 g/mol. The van der Waals surface area contributed by atoms with Crippen molar-refractivity contribution in [1.82, 2.24) is 9.13 Å². The molecule has 3 heteroatoms. The van der Waals surface area contributed by atoms with E-state index < -0.39 is 0 Å². The molecule has 67 heavy (non-hydrogen) atoms. The number of aromatic nitrogens is 2. The summed E-state index contributed by atoms with van der Waals surface area (Å²) in [6.07, 6.45) is 24.1. The van der Waals surface area contributed by atoms with Crippen molar-refractivity contribution in [3.05, 3.63) is 277 Å². The number of benzene rings is 7. The van der Waals surface area contributed by atoms with E-state index in [4.69, 9.17) is 0 Å². The lowest BCUT2D eigenvalue weighted by atomic mass is 9.83. The average molecular weight is 862 g/mol. The highest BCUT2D eigenvalue weighted by molar-refractivity contribution is 6.09. The molecule has 11 rings (SSSR count). The molecule has 2 heterocycles. The third-order valence-corrected chi connectivity index (χ3v) is 13.4. The summed E-state index contributed by atoms with van der Waals surface area (Å²) in [4.78, 5) is 2.17. The van der Waals surface area contributed by atoms with Crippen molar-refractivity contribution in [2.75, 3.05) is 4.90 Å². The first-order valence-electron chi connectivity index (χ1n) is 23.2. The highest BCUT2D eigenvalue weighted by atomic mass is 15.1. The van der Waals surface area contributed by atoms with Gasteiger partial charge in [-0.1, -0.05) is 178 Å². The van der Waals surface area contributed by atoms with Crippen molar-refractivity contribution in [1.29, 1.82) is 0 Å². The summed E-state index contributed by atoms with van der Waals surface area (Å²) in [6.45, 7) is 12.8. The molecule has 0 radical (unpaired) electrons. The Labute approximate surface area is 392 Å². The lowest BCUT2D eigenvalue weighted by molar-refractivity contribution is 0.786. The Balaban J connectivity index is 0.830. The first-order valence-corrected chi connectivity index (χ1v) is 23.2. The fourth-order valence-electron chi connectivity index (χ4n) is 10.1. The van der Waals surface area contributed by atoms with Crippen LogP contribution >= 0.6 is 0 Å². The van der Waals surface area contributed by atoms with E-state index in [-0.39, 0.29) is 0 Å². The van der Waals surface area contributed by atoms with Crippen LogP contribution in [0.5, 0.6) is 0 Å². The molecule has 2 atom stereocenters. The van der Waals surface area contributed by atoms with Crippen LogP contribution < -0.4 is 15.5 Å². The van der Waals surface area contributed by atoms with Crippen molar-refractivity contribution in [2.45, 2.75) is 18.8 Å². The monoisotopic (exact) mass is 861 g/mol. The Hall–Kier alpha value is -8.40. The van der Waals surface area contributed by atoms with Gasteiger partial charge in [-0.05, 0) is 120 Å². The Morgan fingerprint density at radius 1 is 0.567 bits per heavy atom. The molecule has 2 aromatic heterocycles. The zero-order chi connectivity index (χ0) is 45.3. The van der Waals surface area contributed by atoms with Crippen LogP contribution in [0.25, 0.3) is 67.9 Å². The van der Waals surface area contributed by atoms with Crippen LogP contribution in [0.15, 0.2) is 249 Å². The normalized spacial score (nSPS) is 15.7. The minimum atomic E-state index is 0.317. The third kappa shape index (κ3) is 7.85. The van der Waals surface area contributed by atoms with E-state index in [1.54, 1.807) is 6.08 Å².